The van der Waals surface area contributed by atoms with Crippen LogP contribution in [0.4, 0.5) is 0 Å². The summed E-state index contributed by atoms with van der Waals surface area (Å²) in [6.45, 7) is 4.08. The minimum absolute atomic E-state index is 0.267. The van der Waals surface area contributed by atoms with Gasteiger partial charge in [-0.1, -0.05) is 6.92 Å². The second-order valence-corrected chi connectivity index (χ2v) is 6.27. The maximum absolute atomic E-state index is 12.1. The van der Waals surface area contributed by atoms with Crippen LogP contribution in [0.3, 0.4) is 0 Å². The second kappa shape index (κ2) is 6.86. The van der Waals surface area contributed by atoms with Gasteiger partial charge in [-0.3, -0.25) is 4.68 Å². The highest BCUT2D eigenvalue weighted by molar-refractivity contribution is 7.89. The van der Waals surface area contributed by atoms with Crippen LogP contribution in [0.2, 0.25) is 0 Å². The summed E-state index contributed by atoms with van der Waals surface area (Å²) < 4.78 is 27.3. The maximum Gasteiger partial charge on any atom is 0.245 e. The summed E-state index contributed by atoms with van der Waals surface area (Å²) in [4.78, 5) is 0.267. The normalized spacial score (nSPS) is 12.2. The molecule has 0 aliphatic carbocycles. The minimum Gasteiger partial charge on any atom is -0.320 e. The molecule has 0 unspecified atom stereocenters. The Kier molecular flexibility index (Phi) is 5.77. The van der Waals surface area contributed by atoms with Crippen molar-refractivity contribution in [2.75, 3.05) is 27.2 Å². The molecule has 0 amide bonds. The number of nitrogens with one attached hydrogen (secondary N) is 1. The van der Waals surface area contributed by atoms with Gasteiger partial charge in [0.1, 0.15) is 4.90 Å². The van der Waals surface area contributed by atoms with E-state index in [-0.39, 0.29) is 4.90 Å². The van der Waals surface area contributed by atoms with Crippen LogP contribution in [0.25, 0.3) is 0 Å². The van der Waals surface area contributed by atoms with Gasteiger partial charge in [0, 0.05) is 26.3 Å². The number of aryl methyl sites for hydroxylation is 1. The van der Waals surface area contributed by atoms with Crippen LogP contribution in [0.15, 0.2) is 17.3 Å². The van der Waals surface area contributed by atoms with Gasteiger partial charge in [0.15, 0.2) is 0 Å². The van der Waals surface area contributed by atoms with Crippen molar-refractivity contribution in [3.8, 4) is 0 Å². The molecule has 0 radical (unpaired) electrons. The van der Waals surface area contributed by atoms with Crippen molar-refractivity contribution < 1.29 is 8.42 Å². The number of aromatic nitrogens is 2. The fourth-order valence-corrected chi connectivity index (χ4v) is 2.85. The largest absolute Gasteiger partial charge is 0.320 e. The van der Waals surface area contributed by atoms with Crippen molar-refractivity contribution in [2.24, 2.45) is 0 Å². The lowest BCUT2D eigenvalue weighted by Gasteiger charge is -2.14. The zero-order valence-electron chi connectivity index (χ0n) is 11.3. The monoisotopic (exact) mass is 274 g/mol. The van der Waals surface area contributed by atoms with Crippen molar-refractivity contribution in [1.29, 1.82) is 0 Å². The molecule has 1 N–H and O–H groups in total. The number of hydrogen-bond donors (Lipinski definition) is 1. The van der Waals surface area contributed by atoms with Gasteiger partial charge in [-0.2, -0.15) is 5.10 Å². The molecule has 1 rings (SSSR count). The molecule has 1 aromatic rings. The molecule has 0 aromatic carbocycles. The van der Waals surface area contributed by atoms with Crippen LogP contribution >= 0.6 is 0 Å². The number of hydrogen-bond acceptors (Lipinski definition) is 4. The molecule has 0 saturated heterocycles. The van der Waals surface area contributed by atoms with Crippen LogP contribution in [0.5, 0.6) is 0 Å². The third-order valence-corrected chi connectivity index (χ3v) is 4.48. The van der Waals surface area contributed by atoms with Gasteiger partial charge < -0.3 is 5.32 Å². The molecule has 7 heteroatoms. The van der Waals surface area contributed by atoms with Gasteiger partial charge in [0.25, 0.3) is 0 Å². The smallest absolute Gasteiger partial charge is 0.245 e. The lowest BCUT2D eigenvalue weighted by Crippen LogP contribution is -2.27. The van der Waals surface area contributed by atoms with Crippen LogP contribution < -0.4 is 5.32 Å². The summed E-state index contributed by atoms with van der Waals surface area (Å²) in [6.07, 6.45) is 4.73. The topological polar surface area (TPSA) is 67.2 Å². The van der Waals surface area contributed by atoms with E-state index in [1.165, 1.54) is 10.5 Å². The van der Waals surface area contributed by atoms with Gasteiger partial charge in [-0.15, -0.1) is 0 Å². The first kappa shape index (κ1) is 15.1. The third-order valence-electron chi connectivity index (χ3n) is 2.67. The Morgan fingerprint density at radius 2 is 2.22 bits per heavy atom. The standard InChI is InChI=1S/C11H22N4O2S/c1-4-7-14(3)18(16,17)11-9-13-15(10-11)8-5-6-12-2/h9-10,12H,4-8H2,1-3H3. The van der Waals surface area contributed by atoms with E-state index >= 15 is 0 Å². The Morgan fingerprint density at radius 1 is 1.50 bits per heavy atom. The summed E-state index contributed by atoms with van der Waals surface area (Å²) in [5.41, 5.74) is 0. The Balaban J connectivity index is 2.72. The SMILES string of the molecule is CCCN(C)S(=O)(=O)c1cnn(CCCNC)c1. The van der Waals surface area contributed by atoms with Crippen LogP contribution in [0, 0.1) is 0 Å². The van der Waals surface area contributed by atoms with Crippen molar-refractivity contribution >= 4 is 10.0 Å². The molecule has 0 atom stereocenters. The molecule has 104 valence electrons. The molecule has 18 heavy (non-hydrogen) atoms. The fourth-order valence-electron chi connectivity index (χ4n) is 1.63. The van der Waals surface area contributed by atoms with Gasteiger partial charge >= 0.3 is 0 Å². The van der Waals surface area contributed by atoms with E-state index in [4.69, 9.17) is 0 Å². The molecule has 0 aliphatic rings. The molecule has 0 fully saturated rings. The first-order chi connectivity index (χ1) is 8.52. The van der Waals surface area contributed by atoms with E-state index in [1.807, 2.05) is 14.0 Å². The highest BCUT2D eigenvalue weighted by Gasteiger charge is 2.21. The number of rotatable bonds is 8. The highest BCUT2D eigenvalue weighted by Crippen LogP contribution is 2.13. The van der Waals surface area contributed by atoms with E-state index < -0.39 is 10.0 Å². The third kappa shape index (κ3) is 3.79. The predicted molar refractivity (Wildman–Crippen MR) is 70.9 cm³/mol. The minimum atomic E-state index is -3.38. The average molecular weight is 274 g/mol. The summed E-state index contributed by atoms with van der Waals surface area (Å²) in [6, 6.07) is 0. The Hall–Kier alpha value is -0.920. The van der Waals surface area contributed by atoms with Crippen LogP contribution in [-0.2, 0) is 16.6 Å². The molecule has 0 spiro atoms. The predicted octanol–water partition coefficient (Wildman–Crippen LogP) is 0.523. The van der Waals surface area contributed by atoms with Gasteiger partial charge in [-0.05, 0) is 26.4 Å². The van der Waals surface area contributed by atoms with Crippen molar-refractivity contribution in [1.82, 2.24) is 19.4 Å². The lowest BCUT2D eigenvalue weighted by atomic mass is 10.4. The van der Waals surface area contributed by atoms with Crippen molar-refractivity contribution in [3.63, 3.8) is 0 Å². The zero-order valence-corrected chi connectivity index (χ0v) is 12.1. The quantitative estimate of drug-likeness (QED) is 0.702. The Morgan fingerprint density at radius 3 is 2.83 bits per heavy atom. The van der Waals surface area contributed by atoms with Crippen LogP contribution in [-0.4, -0.2) is 49.7 Å². The molecule has 1 heterocycles. The Labute approximate surface area is 109 Å². The molecular formula is C11H22N4O2S. The molecule has 6 nitrogen and oxygen atoms in total. The van der Waals surface area contributed by atoms with E-state index in [0.29, 0.717) is 13.1 Å². The first-order valence-corrected chi connectivity index (χ1v) is 7.59. The van der Waals surface area contributed by atoms with Crippen molar-refractivity contribution in [3.05, 3.63) is 12.4 Å². The van der Waals surface area contributed by atoms with Gasteiger partial charge in [0.2, 0.25) is 10.0 Å². The van der Waals surface area contributed by atoms with E-state index in [1.54, 1.807) is 17.9 Å². The van der Waals surface area contributed by atoms with E-state index in [9.17, 15) is 8.42 Å². The van der Waals surface area contributed by atoms with E-state index in [2.05, 4.69) is 10.4 Å². The van der Waals surface area contributed by atoms with Crippen molar-refractivity contribution in [2.45, 2.75) is 31.2 Å². The molecule has 0 saturated carbocycles. The number of nitrogens with zero attached hydrogens (tertiary/aromatic N) is 3. The fraction of sp³-hybridized carbons (Fsp3) is 0.727. The first-order valence-electron chi connectivity index (χ1n) is 6.15. The molecule has 0 bridgehead atoms. The van der Waals surface area contributed by atoms with E-state index in [0.717, 1.165) is 19.4 Å². The molecular weight excluding hydrogens is 252 g/mol. The lowest BCUT2D eigenvalue weighted by molar-refractivity contribution is 0.468. The van der Waals surface area contributed by atoms with Gasteiger partial charge in [0.05, 0.1) is 6.20 Å². The summed E-state index contributed by atoms with van der Waals surface area (Å²) >= 11 is 0. The average Bonchev–Trinajstić information content (AvgIpc) is 2.79. The second-order valence-electron chi connectivity index (χ2n) is 4.22. The summed E-state index contributed by atoms with van der Waals surface area (Å²) in [5, 5.41) is 7.12. The summed E-state index contributed by atoms with van der Waals surface area (Å²) in [5.74, 6) is 0. The Bertz CT molecular complexity index is 455. The molecule has 1 aromatic heterocycles. The van der Waals surface area contributed by atoms with Gasteiger partial charge in [-0.25, -0.2) is 12.7 Å². The number of sulfonamides is 1. The summed E-state index contributed by atoms with van der Waals surface area (Å²) in [7, 11) is 0.105. The zero-order chi connectivity index (χ0) is 13.6. The van der Waals surface area contributed by atoms with Crippen LogP contribution in [0.1, 0.15) is 19.8 Å². The highest BCUT2D eigenvalue weighted by atomic mass is 32.2. The maximum atomic E-state index is 12.1. The molecule has 0 aliphatic heterocycles.